The van der Waals surface area contributed by atoms with Crippen LogP contribution in [0.4, 0.5) is 0 Å². The Labute approximate surface area is 341 Å². The number of allylic oxidation sites excluding steroid dienone is 4. The zero-order chi connectivity index (χ0) is 40.1. The Morgan fingerprint density at radius 3 is 1.29 bits per heavy atom. The predicted octanol–water partition coefficient (Wildman–Crippen LogP) is 14.0. The molecule has 3 N–H and O–H groups in total. The number of rotatable bonds is 44. The van der Waals surface area contributed by atoms with Gasteiger partial charge in [-0.1, -0.05) is 186 Å². The molecule has 0 saturated carbocycles. The molecule has 0 aromatic rings. The van der Waals surface area contributed by atoms with Gasteiger partial charge in [-0.3, -0.25) is 9.59 Å². The van der Waals surface area contributed by atoms with E-state index in [1.807, 2.05) is 0 Å². The Kier molecular flexibility index (Phi) is 43.7. The van der Waals surface area contributed by atoms with Crippen molar-refractivity contribution in [2.24, 2.45) is 0 Å². The fraction of sp³-hybridized carbons (Fsp3) is 0.878. The van der Waals surface area contributed by atoms with Crippen LogP contribution in [0, 0.1) is 0 Å². The highest BCUT2D eigenvalue weighted by Gasteiger charge is 2.20. The van der Waals surface area contributed by atoms with Crippen LogP contribution in [0.15, 0.2) is 24.3 Å². The number of hydrogen-bond acceptors (Lipinski definition) is 5. The normalized spacial score (nSPS) is 12.9. The summed E-state index contributed by atoms with van der Waals surface area (Å²) in [6.07, 6.45) is 51.4. The Bertz CT molecular complexity index is 858. The SMILES string of the molecule is CCCCCCC/C=C\CCCCCCCC(=O)OCCCCCC/C=C\CCCCCCCCCC(=O)NC(CO)C(O)CCCCCCCCCCC. The van der Waals surface area contributed by atoms with Crippen LogP contribution in [-0.2, 0) is 14.3 Å². The van der Waals surface area contributed by atoms with Gasteiger partial charge in [-0.25, -0.2) is 0 Å². The van der Waals surface area contributed by atoms with E-state index in [0.717, 1.165) is 70.6 Å². The molecule has 0 aromatic heterocycles. The summed E-state index contributed by atoms with van der Waals surface area (Å²) in [5.41, 5.74) is 0. The molecule has 0 aromatic carbocycles. The summed E-state index contributed by atoms with van der Waals surface area (Å²) in [4.78, 5) is 24.4. The maximum atomic E-state index is 12.4. The van der Waals surface area contributed by atoms with Crippen LogP contribution in [-0.4, -0.2) is 47.4 Å². The van der Waals surface area contributed by atoms with E-state index in [4.69, 9.17) is 4.74 Å². The van der Waals surface area contributed by atoms with E-state index in [-0.39, 0.29) is 18.5 Å². The minimum atomic E-state index is -0.671. The number of carbonyl (C=O) groups excluding carboxylic acids is 2. The van der Waals surface area contributed by atoms with E-state index >= 15 is 0 Å². The monoisotopic (exact) mass is 776 g/mol. The van der Waals surface area contributed by atoms with Crippen molar-refractivity contribution in [1.82, 2.24) is 5.32 Å². The number of unbranched alkanes of at least 4 members (excludes halogenated alkanes) is 29. The molecule has 1 amide bonds. The predicted molar refractivity (Wildman–Crippen MR) is 236 cm³/mol. The smallest absolute Gasteiger partial charge is 0.305 e. The molecule has 0 fully saturated rings. The number of aliphatic hydroxyl groups excluding tert-OH is 2. The highest BCUT2D eigenvalue weighted by molar-refractivity contribution is 5.76. The van der Waals surface area contributed by atoms with Gasteiger partial charge in [-0.15, -0.1) is 0 Å². The lowest BCUT2D eigenvalue weighted by Crippen LogP contribution is -2.45. The molecule has 0 aliphatic carbocycles. The van der Waals surface area contributed by atoms with Crippen LogP contribution >= 0.6 is 0 Å². The Balaban J connectivity index is 3.46. The first-order chi connectivity index (χ1) is 27.0. The lowest BCUT2D eigenvalue weighted by atomic mass is 10.0. The largest absolute Gasteiger partial charge is 0.466 e. The zero-order valence-corrected chi connectivity index (χ0v) is 36.7. The van der Waals surface area contributed by atoms with Crippen LogP contribution in [0.1, 0.15) is 251 Å². The second-order valence-corrected chi connectivity index (χ2v) is 16.4. The minimum absolute atomic E-state index is 0.0194. The van der Waals surface area contributed by atoms with Crippen molar-refractivity contribution < 1.29 is 24.5 Å². The quantitative estimate of drug-likeness (QED) is 0.0325. The number of aliphatic hydroxyl groups is 2. The first-order valence-electron chi connectivity index (χ1n) is 24.1. The molecule has 2 unspecified atom stereocenters. The highest BCUT2D eigenvalue weighted by atomic mass is 16.5. The van der Waals surface area contributed by atoms with Crippen molar-refractivity contribution in [3.63, 3.8) is 0 Å². The summed E-state index contributed by atoms with van der Waals surface area (Å²) in [5, 5.41) is 23.0. The summed E-state index contributed by atoms with van der Waals surface area (Å²) in [6, 6.07) is -0.550. The number of amides is 1. The molecule has 55 heavy (non-hydrogen) atoms. The molecule has 0 bridgehead atoms. The van der Waals surface area contributed by atoms with Gasteiger partial charge in [-0.2, -0.15) is 0 Å². The molecule has 6 heteroatoms. The number of hydrogen-bond donors (Lipinski definition) is 3. The van der Waals surface area contributed by atoms with E-state index in [1.54, 1.807) is 0 Å². The molecule has 0 radical (unpaired) electrons. The van der Waals surface area contributed by atoms with Crippen molar-refractivity contribution >= 4 is 11.9 Å². The summed E-state index contributed by atoms with van der Waals surface area (Å²) >= 11 is 0. The Morgan fingerprint density at radius 1 is 0.491 bits per heavy atom. The van der Waals surface area contributed by atoms with Gasteiger partial charge in [0.2, 0.25) is 5.91 Å². The Morgan fingerprint density at radius 2 is 0.855 bits per heavy atom. The molecule has 0 saturated heterocycles. The van der Waals surface area contributed by atoms with Crippen molar-refractivity contribution in [2.75, 3.05) is 13.2 Å². The molecular formula is C49H93NO5. The van der Waals surface area contributed by atoms with Gasteiger partial charge in [-0.05, 0) is 77.0 Å². The van der Waals surface area contributed by atoms with E-state index in [9.17, 15) is 19.8 Å². The molecule has 0 heterocycles. The number of nitrogens with one attached hydrogen (secondary N) is 1. The average Bonchev–Trinajstić information content (AvgIpc) is 3.18. The molecule has 0 rings (SSSR count). The first-order valence-corrected chi connectivity index (χ1v) is 24.1. The molecule has 6 nitrogen and oxygen atoms in total. The molecule has 0 spiro atoms. The van der Waals surface area contributed by atoms with Gasteiger partial charge < -0.3 is 20.3 Å². The Hall–Kier alpha value is -1.66. The maximum Gasteiger partial charge on any atom is 0.305 e. The van der Waals surface area contributed by atoms with Gasteiger partial charge in [0.1, 0.15) is 0 Å². The molecule has 324 valence electrons. The van der Waals surface area contributed by atoms with Crippen LogP contribution in [0.25, 0.3) is 0 Å². The summed E-state index contributed by atoms with van der Waals surface area (Å²) in [7, 11) is 0. The number of ether oxygens (including phenoxy) is 1. The van der Waals surface area contributed by atoms with Crippen LogP contribution in [0.5, 0.6) is 0 Å². The van der Waals surface area contributed by atoms with Crippen LogP contribution in [0.2, 0.25) is 0 Å². The highest BCUT2D eigenvalue weighted by Crippen LogP contribution is 2.15. The molecule has 0 aliphatic heterocycles. The fourth-order valence-electron chi connectivity index (χ4n) is 7.21. The van der Waals surface area contributed by atoms with Crippen LogP contribution in [0.3, 0.4) is 0 Å². The second kappa shape index (κ2) is 45.0. The third-order valence-electron chi connectivity index (χ3n) is 11.0. The van der Waals surface area contributed by atoms with E-state index in [2.05, 4.69) is 43.5 Å². The van der Waals surface area contributed by atoms with Gasteiger partial charge in [0.05, 0.1) is 25.4 Å². The van der Waals surface area contributed by atoms with Gasteiger partial charge in [0, 0.05) is 12.8 Å². The summed E-state index contributed by atoms with van der Waals surface area (Å²) in [5.74, 6) is -0.0732. The molecule has 0 aliphatic rings. The fourth-order valence-corrected chi connectivity index (χ4v) is 7.21. The van der Waals surface area contributed by atoms with Crippen molar-refractivity contribution in [1.29, 1.82) is 0 Å². The van der Waals surface area contributed by atoms with Gasteiger partial charge in [0.15, 0.2) is 0 Å². The summed E-state index contributed by atoms with van der Waals surface area (Å²) < 4.78 is 5.44. The molecule has 2 atom stereocenters. The third-order valence-corrected chi connectivity index (χ3v) is 11.0. The standard InChI is InChI=1S/C49H93NO5/c1-3-5-7-9-11-13-14-15-20-23-27-31-35-39-43-49(54)55-44-40-36-32-28-24-21-18-16-17-19-22-26-30-34-38-42-48(53)50-46(45-51)47(52)41-37-33-29-25-12-10-8-6-4-2/h14-15,18,21,46-47,51-52H,3-13,16-17,19-20,22-45H2,1-2H3,(H,50,53)/b15-14-,21-18-. The van der Waals surface area contributed by atoms with E-state index in [1.165, 1.54) is 148 Å². The molecular weight excluding hydrogens is 683 g/mol. The maximum absolute atomic E-state index is 12.4. The van der Waals surface area contributed by atoms with E-state index in [0.29, 0.717) is 25.9 Å². The van der Waals surface area contributed by atoms with Crippen molar-refractivity contribution in [3.8, 4) is 0 Å². The topological polar surface area (TPSA) is 95.9 Å². The number of carbonyl (C=O) groups is 2. The van der Waals surface area contributed by atoms with E-state index < -0.39 is 12.1 Å². The number of esters is 1. The third kappa shape index (κ3) is 41.8. The first kappa shape index (κ1) is 53.3. The summed E-state index contributed by atoms with van der Waals surface area (Å²) in [6.45, 7) is 4.87. The van der Waals surface area contributed by atoms with Crippen molar-refractivity contribution in [3.05, 3.63) is 24.3 Å². The lowest BCUT2D eigenvalue weighted by Gasteiger charge is -2.22. The van der Waals surface area contributed by atoms with Gasteiger partial charge >= 0.3 is 5.97 Å². The van der Waals surface area contributed by atoms with Gasteiger partial charge in [0.25, 0.3) is 0 Å². The average molecular weight is 776 g/mol. The zero-order valence-electron chi connectivity index (χ0n) is 36.7. The minimum Gasteiger partial charge on any atom is -0.466 e. The lowest BCUT2D eigenvalue weighted by molar-refractivity contribution is -0.143. The van der Waals surface area contributed by atoms with Crippen LogP contribution < -0.4 is 5.32 Å². The second-order valence-electron chi connectivity index (χ2n) is 16.4. The van der Waals surface area contributed by atoms with Crippen molar-refractivity contribution in [2.45, 2.75) is 264 Å².